The maximum absolute atomic E-state index is 14.6. The molecule has 87 heavy (non-hydrogen) atoms. The number of primary sulfonamides is 1. The van der Waals surface area contributed by atoms with Gasteiger partial charge in [-0.3, -0.25) is 4.79 Å². The van der Waals surface area contributed by atoms with E-state index in [9.17, 15) is 44.8 Å². The Morgan fingerprint density at radius 2 is 1.02 bits per heavy atom. The average molecular weight is 1250 g/mol. The van der Waals surface area contributed by atoms with E-state index in [0.717, 1.165) is 32.1 Å². The molecule has 4 atom stereocenters. The molecule has 4 aromatic heterocycles. The highest BCUT2D eigenvalue weighted by Gasteiger charge is 2.44. The van der Waals surface area contributed by atoms with E-state index < -0.39 is 76.6 Å². The van der Waals surface area contributed by atoms with Crippen molar-refractivity contribution in [3.63, 3.8) is 0 Å². The quantitative estimate of drug-likeness (QED) is 0.0485. The Morgan fingerprint density at radius 1 is 0.644 bits per heavy atom. The highest BCUT2D eigenvalue weighted by molar-refractivity contribution is 7.90. The van der Waals surface area contributed by atoms with Crippen molar-refractivity contribution in [1.29, 1.82) is 0 Å². The molecule has 2 saturated heterocycles. The molecule has 0 aromatic carbocycles. The van der Waals surface area contributed by atoms with Crippen molar-refractivity contribution < 1.29 is 59.4 Å². The molecule has 0 bridgehead atoms. The van der Waals surface area contributed by atoms with E-state index in [4.69, 9.17) is 19.7 Å². The Morgan fingerprint density at radius 3 is 1.37 bits per heavy atom. The molecule has 2 aliphatic heterocycles. The molecule has 6 rings (SSSR count). The van der Waals surface area contributed by atoms with Gasteiger partial charge < -0.3 is 35.0 Å². The largest absolute Gasteiger partial charge is 0.478 e. The summed E-state index contributed by atoms with van der Waals surface area (Å²) < 4.78 is 89.7. The third kappa shape index (κ3) is 21.9. The van der Waals surface area contributed by atoms with E-state index in [2.05, 4.69) is 57.6 Å². The molecule has 2 fully saturated rings. The number of carboxylic acid groups (broad SMARTS) is 1. The molecule has 0 radical (unpaired) electrons. The fourth-order valence-corrected chi connectivity index (χ4v) is 11.1. The number of sulfonamides is 2. The predicted molar refractivity (Wildman–Crippen MR) is 331 cm³/mol. The van der Waals surface area contributed by atoms with Gasteiger partial charge in [-0.2, -0.15) is 17.2 Å². The number of aromatic carboxylic acids is 1. The first kappa shape index (κ1) is 72.4. The second-order valence-electron chi connectivity index (χ2n) is 27.2. The number of anilines is 2. The maximum Gasteiger partial charge on any atom is 0.410 e. The highest BCUT2D eigenvalue weighted by atomic mass is 32.2. The summed E-state index contributed by atoms with van der Waals surface area (Å²) in [5.74, 6) is -3.15. The monoisotopic (exact) mass is 1250 g/mol. The van der Waals surface area contributed by atoms with Crippen LogP contribution in [0.5, 0.6) is 0 Å². The molecule has 0 saturated carbocycles. The van der Waals surface area contributed by atoms with Crippen LogP contribution in [0.15, 0.2) is 96.0 Å². The number of ether oxygens (including phenoxy) is 2. The van der Waals surface area contributed by atoms with Crippen LogP contribution in [0.2, 0.25) is 0 Å². The fraction of sp³-hybridized carbons (Fsp3) is 0.548. The van der Waals surface area contributed by atoms with Crippen LogP contribution in [0.25, 0.3) is 0 Å². The third-order valence-electron chi connectivity index (χ3n) is 14.1. The minimum atomic E-state index is -4.41. The Balaban J connectivity index is 0.000000317. The molecule has 21 nitrogen and oxygen atoms in total. The molecule has 25 heteroatoms. The number of carbonyl (C=O) groups is 4. The van der Waals surface area contributed by atoms with Gasteiger partial charge in [-0.1, -0.05) is 65.8 Å². The first-order chi connectivity index (χ1) is 39.7. The number of carbonyl (C=O) groups excluding carboxylic acids is 3. The van der Waals surface area contributed by atoms with Crippen molar-refractivity contribution in [2.24, 2.45) is 17.0 Å². The standard InChI is InChI=1S/C31H44FN5O5S.C21H34N4O4S.C10H12FNO2/c1-10-21(15-14-20-18-31(8,9)37(19-20)28(39)42-30(5,6)7)33-24-12-11-13-25(35-24)43(40,41)36-27(38)22-16-17-23(29(2,3)4)34-26(22)32;1-7-16(23-17-9-8-10-18(24-17)30(22,27)28)12-11-15-13-21(5,6)25(14-15)19(26)29-20(2,3)4;1-10(2,3)7-5-4-6(9(13)14)8(11)12-7/h10-13,16-17,20-21H,1,14-15,18-19H2,2-9H3,(H,33,35)(H,36,38);7-10,15-16H,1,11-14H2,2-6H3,(H,23,24)(H2,22,27,28);4-5H,1-3H3,(H,13,14)/t20-,21?;15-,16?;/m00./s1. The number of amides is 3. The van der Waals surface area contributed by atoms with Gasteiger partial charge in [0, 0.05) is 58.5 Å². The third-order valence-corrected chi connectivity index (χ3v) is 16.1. The maximum atomic E-state index is 14.6. The smallest absolute Gasteiger partial charge is 0.410 e. The van der Waals surface area contributed by atoms with Crippen LogP contribution in [-0.2, 0) is 40.4 Å². The van der Waals surface area contributed by atoms with Crippen LogP contribution in [0, 0.1) is 23.7 Å². The summed E-state index contributed by atoms with van der Waals surface area (Å²) >= 11 is 0. The normalized spacial score (nSPS) is 17.5. The second kappa shape index (κ2) is 28.4. The first-order valence-electron chi connectivity index (χ1n) is 28.7. The molecular weight excluding hydrogens is 1160 g/mol. The van der Waals surface area contributed by atoms with Gasteiger partial charge in [-0.15, -0.1) is 13.2 Å². The molecule has 6 N–H and O–H groups in total. The lowest BCUT2D eigenvalue weighted by atomic mass is 9.91. The molecule has 480 valence electrons. The molecule has 6 heterocycles. The number of nitrogens with one attached hydrogen (secondary N) is 3. The zero-order valence-corrected chi connectivity index (χ0v) is 54.8. The average Bonchev–Trinajstić information content (AvgIpc) is 1.98. The minimum absolute atomic E-state index is 0.0908. The highest BCUT2D eigenvalue weighted by Crippen LogP contribution is 2.38. The lowest BCUT2D eigenvalue weighted by molar-refractivity contribution is 0.0118. The number of likely N-dealkylation sites (tertiary alicyclic amines) is 2. The summed E-state index contributed by atoms with van der Waals surface area (Å²) in [5, 5.41) is 19.5. The van der Waals surface area contributed by atoms with Gasteiger partial charge >= 0.3 is 18.2 Å². The van der Waals surface area contributed by atoms with Crippen molar-refractivity contribution in [2.75, 3.05) is 23.7 Å². The lowest BCUT2D eigenvalue weighted by Gasteiger charge is -2.33. The number of carboxylic acids is 1. The SMILES string of the molecule is C=CC(CC[C@@H]1CN(C(=O)OC(C)(C)C)C(C)(C)C1)Nc1cccc(S(=O)(=O)NC(=O)c2ccc(C(C)(C)C)nc2F)n1.C=CC(CC[C@@H]1CN(C(=O)OC(C)(C)C)C(C)(C)C1)Nc1cccc(S(N)(=O)=O)n1.CC(C)(C)c1ccc(C(=O)O)c(F)n1. The van der Waals surface area contributed by atoms with Gasteiger partial charge in [0.05, 0.1) is 5.56 Å². The summed E-state index contributed by atoms with van der Waals surface area (Å²) in [6.07, 6.45) is 7.68. The molecule has 4 aromatic rings. The van der Waals surface area contributed by atoms with Crippen molar-refractivity contribution in [1.82, 2.24) is 34.5 Å². The van der Waals surface area contributed by atoms with Crippen LogP contribution in [-0.4, -0.2) is 123 Å². The number of nitrogens with two attached hydrogens (primary N) is 1. The Hall–Kier alpha value is -7.12. The van der Waals surface area contributed by atoms with E-state index in [-0.39, 0.29) is 57.5 Å². The fourth-order valence-electron chi connectivity index (χ4n) is 9.71. The summed E-state index contributed by atoms with van der Waals surface area (Å²) in [5.41, 5.74) is -2.35. The number of halogens is 2. The van der Waals surface area contributed by atoms with Gasteiger partial charge in [0.2, 0.25) is 11.9 Å². The number of aromatic nitrogens is 4. The van der Waals surface area contributed by atoms with E-state index >= 15 is 0 Å². The van der Waals surface area contributed by atoms with E-state index in [1.807, 2.05) is 107 Å². The van der Waals surface area contributed by atoms with Crippen LogP contribution in [0.4, 0.5) is 30.0 Å². The topological polar surface area (TPSA) is 295 Å². The summed E-state index contributed by atoms with van der Waals surface area (Å²) in [4.78, 5) is 67.8. The van der Waals surface area contributed by atoms with Crippen LogP contribution in [0.1, 0.15) is 181 Å². The van der Waals surface area contributed by atoms with Crippen molar-refractivity contribution in [3.8, 4) is 0 Å². The van der Waals surface area contributed by atoms with Gasteiger partial charge in [0.15, 0.2) is 10.1 Å². The lowest BCUT2D eigenvalue weighted by Crippen LogP contribution is -2.45. The van der Waals surface area contributed by atoms with Gasteiger partial charge in [0.25, 0.3) is 26.0 Å². The van der Waals surface area contributed by atoms with Crippen molar-refractivity contribution in [2.45, 2.75) is 205 Å². The number of pyridine rings is 4. The van der Waals surface area contributed by atoms with E-state index in [1.54, 1.807) is 35.3 Å². The first-order valence-corrected chi connectivity index (χ1v) is 31.7. The predicted octanol–water partition coefficient (Wildman–Crippen LogP) is 11.5. The zero-order chi connectivity index (χ0) is 66.1. The number of hydrogen-bond acceptors (Lipinski definition) is 16. The Labute approximate surface area is 512 Å². The summed E-state index contributed by atoms with van der Waals surface area (Å²) in [6.45, 7) is 39.5. The van der Waals surface area contributed by atoms with E-state index in [0.29, 0.717) is 42.6 Å². The van der Waals surface area contributed by atoms with Crippen LogP contribution < -0.4 is 20.5 Å². The van der Waals surface area contributed by atoms with E-state index in [1.165, 1.54) is 42.5 Å². The molecular formula is C62H90F2N10O11S2. The molecule has 2 aliphatic rings. The van der Waals surface area contributed by atoms with Crippen LogP contribution >= 0.6 is 0 Å². The van der Waals surface area contributed by atoms with Gasteiger partial charge in [-0.05, 0) is 168 Å². The zero-order valence-electron chi connectivity index (χ0n) is 53.2. The Kier molecular flexibility index (Phi) is 23.6. The molecule has 2 unspecified atom stereocenters. The Bertz CT molecular complexity index is 3350. The second-order valence-corrected chi connectivity index (χ2v) is 30.3. The number of hydrogen-bond donors (Lipinski definition) is 5. The van der Waals surface area contributed by atoms with Crippen LogP contribution in [0.3, 0.4) is 0 Å². The van der Waals surface area contributed by atoms with Gasteiger partial charge in [0.1, 0.15) is 28.4 Å². The van der Waals surface area contributed by atoms with Crippen molar-refractivity contribution in [3.05, 3.63) is 120 Å². The van der Waals surface area contributed by atoms with Gasteiger partial charge in [-0.25, -0.2) is 52.6 Å². The molecule has 0 aliphatic carbocycles. The summed E-state index contributed by atoms with van der Waals surface area (Å²) in [7, 11) is -8.27. The number of rotatable bonds is 17. The molecule has 0 spiro atoms. The van der Waals surface area contributed by atoms with Crippen molar-refractivity contribution >= 4 is 55.7 Å². The summed E-state index contributed by atoms with van der Waals surface area (Å²) in [6, 6.07) is 14.1. The molecule has 3 amide bonds. The minimum Gasteiger partial charge on any atom is -0.478 e. The number of nitrogens with zero attached hydrogens (tertiary/aromatic N) is 6.